The van der Waals surface area contributed by atoms with Gasteiger partial charge in [-0.15, -0.1) is 0 Å². The fraction of sp³-hybridized carbons (Fsp3) is 0.870. The number of nitrogens with one attached hydrogen (secondary N) is 5. The van der Waals surface area contributed by atoms with E-state index >= 15 is 0 Å². The van der Waals surface area contributed by atoms with Crippen LogP contribution in [0.4, 0.5) is 0 Å². The molecule has 1 saturated heterocycles. The molecule has 0 aromatic heterocycles. The molecule has 3 aliphatic rings. The maximum absolute atomic E-state index is 13.3. The van der Waals surface area contributed by atoms with Gasteiger partial charge in [-0.2, -0.15) is 0 Å². The van der Waals surface area contributed by atoms with E-state index in [-0.39, 0.29) is 55.0 Å². The number of carbonyl (C=O) groups is 3. The number of rotatable bonds is 0. The first-order valence-electron chi connectivity index (χ1n) is 12.0. The first-order valence-corrected chi connectivity index (χ1v) is 12.0. The van der Waals surface area contributed by atoms with Gasteiger partial charge in [0.25, 0.3) is 0 Å². The molecule has 0 aromatic carbocycles. The van der Waals surface area contributed by atoms with Gasteiger partial charge in [0.2, 0.25) is 17.7 Å². The molecule has 3 amide bonds. The number of hydrogen-bond donors (Lipinski definition) is 5. The minimum atomic E-state index is -0.725. The van der Waals surface area contributed by atoms with Gasteiger partial charge in [0.05, 0.1) is 18.5 Å². The Morgan fingerprint density at radius 3 is 1.65 bits per heavy atom. The van der Waals surface area contributed by atoms with Crippen molar-refractivity contribution in [3.8, 4) is 0 Å². The predicted molar refractivity (Wildman–Crippen MR) is 120 cm³/mol. The Kier molecular flexibility index (Phi) is 7.63. The van der Waals surface area contributed by atoms with Crippen LogP contribution < -0.4 is 26.6 Å². The smallest absolute Gasteiger partial charge is 0.234 e. The van der Waals surface area contributed by atoms with Crippen molar-refractivity contribution in [1.29, 1.82) is 0 Å². The molecule has 2 saturated carbocycles. The molecule has 3 fully saturated rings. The van der Waals surface area contributed by atoms with Gasteiger partial charge >= 0.3 is 0 Å². The van der Waals surface area contributed by atoms with Crippen LogP contribution in [0.1, 0.15) is 79.1 Å². The predicted octanol–water partition coefficient (Wildman–Crippen LogP) is 0.955. The Labute approximate surface area is 186 Å². The molecule has 0 aromatic rings. The summed E-state index contributed by atoms with van der Waals surface area (Å²) in [5.41, 5.74) is -1.31. The molecule has 5 N–H and O–H groups in total. The summed E-state index contributed by atoms with van der Waals surface area (Å²) >= 11 is 0. The second-order valence-corrected chi connectivity index (χ2v) is 10.6. The molecule has 0 radical (unpaired) electrons. The standard InChI is InChI=1S/C23H41N5O3/c1-22(2)21(31)28-16-10-6-5-9-15(16)24-13-19(29)26-17-11-7-8-12-18(17)27-20(30)14-25-23(22,3)4/h15-18,24-25H,5-14H2,1-4H3,(H,26,29)(H,27,30)(H,28,31). The highest BCUT2D eigenvalue weighted by Crippen LogP contribution is 2.32. The van der Waals surface area contributed by atoms with Gasteiger partial charge in [0.1, 0.15) is 0 Å². The van der Waals surface area contributed by atoms with E-state index in [2.05, 4.69) is 26.6 Å². The van der Waals surface area contributed by atoms with Gasteiger partial charge in [0, 0.05) is 29.7 Å². The Morgan fingerprint density at radius 2 is 1.10 bits per heavy atom. The van der Waals surface area contributed by atoms with Crippen LogP contribution in [-0.2, 0) is 14.4 Å². The average Bonchev–Trinajstić information content (AvgIpc) is 2.72. The maximum atomic E-state index is 13.3. The Morgan fingerprint density at radius 1 is 0.645 bits per heavy atom. The van der Waals surface area contributed by atoms with Crippen LogP contribution in [0, 0.1) is 5.41 Å². The van der Waals surface area contributed by atoms with E-state index in [1.54, 1.807) is 0 Å². The molecular formula is C23H41N5O3. The maximum Gasteiger partial charge on any atom is 0.234 e. The summed E-state index contributed by atoms with van der Waals surface area (Å²) in [6, 6.07) is 0.000750. The van der Waals surface area contributed by atoms with Crippen LogP contribution in [0.15, 0.2) is 0 Å². The number of carbonyl (C=O) groups excluding carboxylic acids is 3. The summed E-state index contributed by atoms with van der Waals surface area (Å²) in [4.78, 5) is 38.6. The van der Waals surface area contributed by atoms with Crippen molar-refractivity contribution in [3.63, 3.8) is 0 Å². The number of hydrogen-bond acceptors (Lipinski definition) is 5. The molecule has 4 unspecified atom stereocenters. The fourth-order valence-electron chi connectivity index (χ4n) is 4.92. The van der Waals surface area contributed by atoms with Crippen LogP contribution in [0.2, 0.25) is 0 Å². The molecule has 8 heteroatoms. The Bertz CT molecular complexity index is 678. The molecule has 2 aliphatic carbocycles. The van der Waals surface area contributed by atoms with Crippen molar-refractivity contribution < 1.29 is 14.4 Å². The minimum Gasteiger partial charge on any atom is -0.351 e. The SMILES string of the molecule is CC1(C)NCC(=O)NC2CCCCC2NC(=O)CNC2CCCCC2NC(=O)C1(C)C. The quantitative estimate of drug-likeness (QED) is 0.389. The van der Waals surface area contributed by atoms with Crippen molar-refractivity contribution in [2.45, 2.75) is 109 Å². The molecule has 1 heterocycles. The minimum absolute atomic E-state index is 0.00255. The van der Waals surface area contributed by atoms with Crippen molar-refractivity contribution >= 4 is 17.7 Å². The lowest BCUT2D eigenvalue weighted by atomic mass is 9.73. The van der Waals surface area contributed by atoms with Gasteiger partial charge < -0.3 is 26.6 Å². The van der Waals surface area contributed by atoms with Gasteiger partial charge in [-0.3, -0.25) is 14.4 Å². The lowest BCUT2D eigenvalue weighted by Crippen LogP contribution is -2.64. The topological polar surface area (TPSA) is 111 Å². The first kappa shape index (κ1) is 24.0. The monoisotopic (exact) mass is 435 g/mol. The van der Waals surface area contributed by atoms with Crippen molar-refractivity contribution in [2.24, 2.45) is 5.41 Å². The second-order valence-electron chi connectivity index (χ2n) is 10.6. The molecule has 0 bridgehead atoms. The summed E-state index contributed by atoms with van der Waals surface area (Å²) in [6.45, 7) is 8.16. The normalized spacial score (nSPS) is 35.0. The highest BCUT2D eigenvalue weighted by molar-refractivity contribution is 5.84. The molecule has 4 atom stereocenters. The van der Waals surface area contributed by atoms with E-state index in [0.29, 0.717) is 0 Å². The third kappa shape index (κ3) is 5.77. The third-order valence-electron chi connectivity index (χ3n) is 7.89. The number of fused-ring (bicyclic) bond motifs is 2. The van der Waals surface area contributed by atoms with Crippen LogP contribution in [0.25, 0.3) is 0 Å². The molecule has 1 aliphatic heterocycles. The van der Waals surface area contributed by atoms with Crippen LogP contribution in [0.3, 0.4) is 0 Å². The van der Waals surface area contributed by atoms with E-state index in [9.17, 15) is 14.4 Å². The van der Waals surface area contributed by atoms with Crippen molar-refractivity contribution in [1.82, 2.24) is 26.6 Å². The average molecular weight is 436 g/mol. The Balaban J connectivity index is 1.81. The second kappa shape index (κ2) is 9.86. The largest absolute Gasteiger partial charge is 0.351 e. The highest BCUT2D eigenvalue weighted by atomic mass is 16.2. The fourth-order valence-corrected chi connectivity index (χ4v) is 4.92. The number of amides is 3. The summed E-state index contributed by atoms with van der Waals surface area (Å²) < 4.78 is 0. The molecule has 8 nitrogen and oxygen atoms in total. The lowest BCUT2D eigenvalue weighted by molar-refractivity contribution is -0.135. The molecule has 31 heavy (non-hydrogen) atoms. The van der Waals surface area contributed by atoms with Gasteiger partial charge in [-0.1, -0.05) is 25.7 Å². The summed E-state index contributed by atoms with van der Waals surface area (Å²) in [5.74, 6) is -0.186. The first-order chi connectivity index (χ1) is 14.6. The van der Waals surface area contributed by atoms with E-state index < -0.39 is 11.0 Å². The van der Waals surface area contributed by atoms with Gasteiger partial charge in [0.15, 0.2) is 0 Å². The zero-order valence-electron chi connectivity index (χ0n) is 19.6. The lowest BCUT2D eigenvalue weighted by Gasteiger charge is -2.43. The Hall–Kier alpha value is -1.67. The molecular weight excluding hydrogens is 394 g/mol. The van der Waals surface area contributed by atoms with Gasteiger partial charge in [-0.25, -0.2) is 0 Å². The molecule has 3 rings (SSSR count). The summed E-state index contributed by atoms with van der Waals surface area (Å²) in [7, 11) is 0. The van der Waals surface area contributed by atoms with Crippen LogP contribution in [0.5, 0.6) is 0 Å². The summed E-state index contributed by atoms with van der Waals surface area (Å²) in [5, 5.41) is 16.2. The van der Waals surface area contributed by atoms with E-state index in [1.807, 2.05) is 27.7 Å². The third-order valence-corrected chi connectivity index (χ3v) is 7.89. The van der Waals surface area contributed by atoms with Crippen molar-refractivity contribution in [3.05, 3.63) is 0 Å². The van der Waals surface area contributed by atoms with Crippen LogP contribution in [-0.4, -0.2) is 60.5 Å². The van der Waals surface area contributed by atoms with E-state index in [4.69, 9.17) is 0 Å². The van der Waals surface area contributed by atoms with Gasteiger partial charge in [-0.05, 0) is 53.4 Å². The van der Waals surface area contributed by atoms with E-state index in [0.717, 1.165) is 51.4 Å². The van der Waals surface area contributed by atoms with Crippen LogP contribution >= 0.6 is 0 Å². The zero-order valence-corrected chi connectivity index (χ0v) is 19.6. The van der Waals surface area contributed by atoms with Crippen molar-refractivity contribution in [2.75, 3.05) is 13.1 Å². The van der Waals surface area contributed by atoms with E-state index in [1.165, 1.54) is 0 Å². The zero-order chi connectivity index (χ0) is 22.6. The highest BCUT2D eigenvalue weighted by Gasteiger charge is 2.44. The molecule has 0 spiro atoms. The molecule has 176 valence electrons. The summed E-state index contributed by atoms with van der Waals surface area (Å²) in [6.07, 6.45) is 7.87.